The van der Waals surface area contributed by atoms with E-state index in [0.717, 1.165) is 38.1 Å². The number of hydrogen-bond acceptors (Lipinski definition) is 15. The van der Waals surface area contributed by atoms with Crippen molar-refractivity contribution in [2.75, 3.05) is 13.2 Å². The van der Waals surface area contributed by atoms with Crippen LogP contribution in [0.15, 0.2) is 53.8 Å². The predicted molar refractivity (Wildman–Crippen MR) is 165 cm³/mol. The SMILES string of the molecule is CC(=O)OCC1=CC[C@@H]2C(C(=O)SCc3ccccc3)=CO[C@@H](O[C@@H]3O[C@H](COC(C)=O)[C@@H](OC(C)=O)[C@H](OC(C)=O)[C@H]3OC(C)=O)[C@H]12. The van der Waals surface area contributed by atoms with Gasteiger partial charge in [0, 0.05) is 51.9 Å². The van der Waals surface area contributed by atoms with Crippen LogP contribution < -0.4 is 0 Å². The van der Waals surface area contributed by atoms with Gasteiger partial charge in [-0.3, -0.25) is 28.8 Å². The predicted octanol–water partition coefficient (Wildman–Crippen LogP) is 2.91. The first kappa shape index (κ1) is 36.6. The van der Waals surface area contributed by atoms with Crippen LogP contribution in [0.4, 0.5) is 0 Å². The highest BCUT2D eigenvalue weighted by Gasteiger charge is 2.55. The van der Waals surface area contributed by atoms with Crippen molar-refractivity contribution < 1.29 is 66.7 Å². The zero-order valence-electron chi connectivity index (χ0n) is 27.1. The van der Waals surface area contributed by atoms with E-state index in [1.54, 1.807) is 0 Å². The molecular formula is C33H38O14S. The fourth-order valence-corrected chi connectivity index (χ4v) is 6.57. The van der Waals surface area contributed by atoms with Gasteiger partial charge in [0.05, 0.1) is 12.2 Å². The molecule has 1 aromatic carbocycles. The molecule has 0 amide bonds. The number of rotatable bonds is 12. The van der Waals surface area contributed by atoms with E-state index in [-0.39, 0.29) is 11.7 Å². The van der Waals surface area contributed by atoms with E-state index in [4.69, 9.17) is 37.9 Å². The first-order valence-electron chi connectivity index (χ1n) is 15.2. The molecule has 260 valence electrons. The van der Waals surface area contributed by atoms with Gasteiger partial charge in [0.1, 0.15) is 19.3 Å². The molecule has 2 heterocycles. The summed E-state index contributed by atoms with van der Waals surface area (Å²) in [5.41, 5.74) is 1.99. The summed E-state index contributed by atoms with van der Waals surface area (Å²) in [6.45, 7) is 5.24. The van der Waals surface area contributed by atoms with Crippen LogP contribution in [0.1, 0.15) is 46.6 Å². The van der Waals surface area contributed by atoms with Crippen LogP contribution in [0.25, 0.3) is 0 Å². The van der Waals surface area contributed by atoms with Crippen LogP contribution >= 0.6 is 11.8 Å². The largest absolute Gasteiger partial charge is 0.471 e. The van der Waals surface area contributed by atoms with Crippen molar-refractivity contribution in [3.63, 3.8) is 0 Å². The van der Waals surface area contributed by atoms with Gasteiger partial charge in [-0.25, -0.2) is 0 Å². The summed E-state index contributed by atoms with van der Waals surface area (Å²) in [6.07, 6.45) is -4.67. The normalized spacial score (nSPS) is 27.6. The van der Waals surface area contributed by atoms with Crippen molar-refractivity contribution >= 4 is 46.7 Å². The third-order valence-electron chi connectivity index (χ3n) is 7.62. The zero-order valence-corrected chi connectivity index (χ0v) is 27.9. The van der Waals surface area contributed by atoms with Gasteiger partial charge >= 0.3 is 29.8 Å². The Morgan fingerprint density at radius 3 is 2.02 bits per heavy atom. The Bertz CT molecular complexity index is 1440. The zero-order chi connectivity index (χ0) is 35.0. The second-order valence-corrected chi connectivity index (χ2v) is 12.2. The van der Waals surface area contributed by atoms with Crippen LogP contribution in [0.5, 0.6) is 0 Å². The third-order valence-corrected chi connectivity index (χ3v) is 8.60. The molecule has 0 unspecified atom stereocenters. The van der Waals surface area contributed by atoms with Gasteiger partial charge in [-0.05, 0) is 17.6 Å². The summed E-state index contributed by atoms with van der Waals surface area (Å²) in [5, 5.41) is -0.207. The van der Waals surface area contributed by atoms with Crippen LogP contribution in [0, 0.1) is 11.8 Å². The number of benzene rings is 1. The lowest BCUT2D eigenvalue weighted by molar-refractivity contribution is -0.342. The van der Waals surface area contributed by atoms with Gasteiger partial charge in [0.15, 0.2) is 18.3 Å². The molecule has 1 fully saturated rings. The molecule has 0 radical (unpaired) electrons. The minimum Gasteiger partial charge on any atom is -0.471 e. The van der Waals surface area contributed by atoms with Crippen molar-refractivity contribution in [2.45, 2.75) is 83.8 Å². The Morgan fingerprint density at radius 2 is 1.40 bits per heavy atom. The maximum absolute atomic E-state index is 13.4. The molecule has 2 aliphatic heterocycles. The summed E-state index contributed by atoms with van der Waals surface area (Å²) in [4.78, 5) is 73.4. The minimum atomic E-state index is -1.52. The van der Waals surface area contributed by atoms with Crippen molar-refractivity contribution in [1.29, 1.82) is 0 Å². The van der Waals surface area contributed by atoms with Crippen LogP contribution in [0.3, 0.4) is 0 Å². The Hall–Kier alpha value is -4.21. The molecule has 4 rings (SSSR count). The molecule has 0 aromatic heterocycles. The molecular weight excluding hydrogens is 652 g/mol. The summed E-state index contributed by atoms with van der Waals surface area (Å²) in [7, 11) is 0. The average Bonchev–Trinajstić information content (AvgIpc) is 3.45. The van der Waals surface area contributed by atoms with Gasteiger partial charge in [0.2, 0.25) is 17.7 Å². The number of thioether (sulfide) groups is 1. The molecule has 0 N–H and O–H groups in total. The monoisotopic (exact) mass is 690 g/mol. The lowest BCUT2D eigenvalue weighted by Crippen LogP contribution is -2.63. The number of allylic oxidation sites excluding steroid dienone is 1. The van der Waals surface area contributed by atoms with E-state index in [0.29, 0.717) is 23.3 Å². The molecule has 0 bridgehead atoms. The van der Waals surface area contributed by atoms with E-state index in [9.17, 15) is 28.8 Å². The quantitative estimate of drug-likeness (QED) is 0.178. The van der Waals surface area contributed by atoms with E-state index < -0.39 is 85.3 Å². The Morgan fingerprint density at radius 1 is 0.771 bits per heavy atom. The van der Waals surface area contributed by atoms with Crippen LogP contribution in [-0.4, -0.2) is 85.2 Å². The lowest BCUT2D eigenvalue weighted by Gasteiger charge is -2.45. The number of fused-ring (bicyclic) bond motifs is 1. The van der Waals surface area contributed by atoms with Crippen molar-refractivity contribution in [3.8, 4) is 0 Å². The standard InChI is InChI=1S/C33H38O14S/c1-17(34)40-13-23-11-12-24-25(31(39)48-16-22-9-7-6-8-10-22)14-42-32(27(23)24)47-33-30(45-21(5)38)29(44-20(4)37)28(43-19(3)36)26(46-33)15-41-18(2)35/h6-11,14,24,26-30,32-33H,12-13,15-16H2,1-5H3/t24-,26-,27-,28-,29+,30-,32+,33+/m1/s1. The summed E-state index contributed by atoms with van der Waals surface area (Å²) >= 11 is 1.12. The van der Waals surface area contributed by atoms with Crippen molar-refractivity contribution in [1.82, 2.24) is 0 Å². The Balaban J connectivity index is 1.66. The van der Waals surface area contributed by atoms with Gasteiger partial charge in [-0.2, -0.15) is 0 Å². The summed E-state index contributed by atoms with van der Waals surface area (Å²) in [6, 6.07) is 9.49. The molecule has 15 heteroatoms. The lowest BCUT2D eigenvalue weighted by atomic mass is 9.84. The maximum atomic E-state index is 13.4. The number of ether oxygens (including phenoxy) is 8. The molecule has 8 atom stereocenters. The summed E-state index contributed by atoms with van der Waals surface area (Å²) in [5.74, 6) is -4.19. The average molecular weight is 691 g/mol. The van der Waals surface area contributed by atoms with Gasteiger partial charge in [-0.1, -0.05) is 48.2 Å². The Labute approximate surface area is 281 Å². The molecule has 1 aliphatic carbocycles. The van der Waals surface area contributed by atoms with Gasteiger partial charge < -0.3 is 37.9 Å². The molecule has 1 aromatic rings. The van der Waals surface area contributed by atoms with Crippen molar-refractivity contribution in [3.05, 3.63) is 59.4 Å². The van der Waals surface area contributed by atoms with Crippen LogP contribution in [0.2, 0.25) is 0 Å². The number of carbonyl (C=O) groups excluding carboxylic acids is 6. The number of esters is 5. The van der Waals surface area contributed by atoms with E-state index in [1.165, 1.54) is 20.1 Å². The molecule has 0 saturated carbocycles. The van der Waals surface area contributed by atoms with Crippen molar-refractivity contribution in [2.24, 2.45) is 11.8 Å². The van der Waals surface area contributed by atoms with E-state index in [2.05, 4.69) is 0 Å². The van der Waals surface area contributed by atoms with E-state index >= 15 is 0 Å². The van der Waals surface area contributed by atoms with Gasteiger partial charge in [-0.15, -0.1) is 0 Å². The molecule has 1 saturated heterocycles. The smallest absolute Gasteiger partial charge is 0.303 e. The topological polar surface area (TPSA) is 176 Å². The molecule has 14 nitrogen and oxygen atoms in total. The molecule has 48 heavy (non-hydrogen) atoms. The van der Waals surface area contributed by atoms with Crippen LogP contribution in [-0.2, 0) is 72.4 Å². The highest BCUT2D eigenvalue weighted by atomic mass is 32.2. The first-order chi connectivity index (χ1) is 22.8. The second kappa shape index (κ2) is 16.8. The fourth-order valence-electron chi connectivity index (χ4n) is 5.71. The summed E-state index contributed by atoms with van der Waals surface area (Å²) < 4.78 is 45.3. The highest BCUT2D eigenvalue weighted by Crippen LogP contribution is 2.46. The fraction of sp³-hybridized carbons (Fsp3) is 0.515. The number of carbonyl (C=O) groups is 6. The number of hydrogen-bond donors (Lipinski definition) is 0. The molecule has 0 spiro atoms. The molecule has 3 aliphatic rings. The first-order valence-corrected chi connectivity index (χ1v) is 16.2. The Kier molecular flexibility index (Phi) is 12.8. The van der Waals surface area contributed by atoms with E-state index in [1.807, 2.05) is 36.4 Å². The van der Waals surface area contributed by atoms with Gasteiger partial charge in [0.25, 0.3) is 0 Å². The maximum Gasteiger partial charge on any atom is 0.303 e. The second-order valence-electron chi connectivity index (χ2n) is 11.3. The minimum absolute atomic E-state index is 0.100. The highest BCUT2D eigenvalue weighted by molar-refractivity contribution is 8.13. The third kappa shape index (κ3) is 9.67.